The number of aryl methyl sites for hydroxylation is 1. The van der Waals surface area contributed by atoms with Crippen molar-refractivity contribution in [2.45, 2.75) is 6.92 Å². The quantitative estimate of drug-likeness (QED) is 0.696. The lowest BCUT2D eigenvalue weighted by Gasteiger charge is -2.08. The van der Waals surface area contributed by atoms with E-state index in [1.54, 1.807) is 31.4 Å². The molecule has 1 heterocycles. The van der Waals surface area contributed by atoms with Gasteiger partial charge >= 0.3 is 0 Å². The van der Waals surface area contributed by atoms with Crippen molar-refractivity contribution in [1.29, 1.82) is 0 Å². The number of hydrogen-bond donors (Lipinski definition) is 2. The van der Waals surface area contributed by atoms with Crippen LogP contribution in [0.5, 0.6) is 5.75 Å². The number of amides is 1. The Morgan fingerprint density at radius 1 is 1.17 bits per heavy atom. The highest BCUT2D eigenvalue weighted by Crippen LogP contribution is 2.29. The van der Waals surface area contributed by atoms with Gasteiger partial charge in [0.1, 0.15) is 11.4 Å². The number of anilines is 1. The van der Waals surface area contributed by atoms with Gasteiger partial charge in [-0.15, -0.1) is 0 Å². The number of ether oxygens (including phenoxy) is 1. The number of aromatic amines is 1. The van der Waals surface area contributed by atoms with Gasteiger partial charge in [-0.2, -0.15) is 0 Å². The average Bonchev–Trinajstić information content (AvgIpc) is 2.84. The van der Waals surface area contributed by atoms with Crippen molar-refractivity contribution in [3.05, 3.63) is 57.7 Å². The molecule has 1 amide bonds. The van der Waals surface area contributed by atoms with Crippen molar-refractivity contribution in [3.8, 4) is 5.75 Å². The fourth-order valence-electron chi connectivity index (χ4n) is 2.46. The third-order valence-corrected chi connectivity index (χ3v) is 4.19. The normalized spacial score (nSPS) is 10.8. The van der Waals surface area contributed by atoms with Crippen LogP contribution >= 0.6 is 23.2 Å². The lowest BCUT2D eigenvalue weighted by atomic mass is 10.1. The first-order chi connectivity index (χ1) is 11.0. The highest BCUT2D eigenvalue weighted by Gasteiger charge is 2.15. The third kappa shape index (κ3) is 3.00. The first-order valence-electron chi connectivity index (χ1n) is 6.92. The zero-order chi connectivity index (χ0) is 16.6. The summed E-state index contributed by atoms with van der Waals surface area (Å²) in [5.41, 5.74) is 2.80. The smallest absolute Gasteiger partial charge is 0.272 e. The second-order valence-electron chi connectivity index (χ2n) is 5.12. The zero-order valence-electron chi connectivity index (χ0n) is 12.5. The van der Waals surface area contributed by atoms with E-state index in [0.29, 0.717) is 27.2 Å². The molecule has 0 saturated heterocycles. The van der Waals surface area contributed by atoms with Crippen LogP contribution in [0.3, 0.4) is 0 Å². The molecule has 0 spiro atoms. The minimum atomic E-state index is -0.240. The van der Waals surface area contributed by atoms with E-state index in [1.165, 1.54) is 0 Å². The fourth-order valence-corrected chi connectivity index (χ4v) is 2.89. The number of benzene rings is 2. The first-order valence-corrected chi connectivity index (χ1v) is 7.68. The lowest BCUT2D eigenvalue weighted by molar-refractivity contribution is 0.102. The van der Waals surface area contributed by atoms with Crippen LogP contribution < -0.4 is 10.1 Å². The Bertz CT molecular complexity index is 903. The van der Waals surface area contributed by atoms with Gasteiger partial charge in [-0.05, 0) is 48.9 Å². The monoisotopic (exact) mass is 348 g/mol. The molecule has 3 aromatic rings. The van der Waals surface area contributed by atoms with Crippen molar-refractivity contribution in [2.24, 2.45) is 0 Å². The number of halogens is 2. The topological polar surface area (TPSA) is 54.1 Å². The number of carbonyl (C=O) groups excluding carboxylic acids is 1. The van der Waals surface area contributed by atoms with Gasteiger partial charge in [-0.3, -0.25) is 4.79 Å². The van der Waals surface area contributed by atoms with Crippen LogP contribution in [0.4, 0.5) is 5.69 Å². The van der Waals surface area contributed by atoms with Crippen molar-refractivity contribution < 1.29 is 9.53 Å². The Hall–Kier alpha value is -2.17. The van der Waals surface area contributed by atoms with Gasteiger partial charge in [0.25, 0.3) is 5.91 Å². The van der Waals surface area contributed by atoms with E-state index in [9.17, 15) is 4.79 Å². The SMILES string of the molecule is COc1ccc(NC(=O)c2[nH]c3ccc(Cl)cc3c2C)cc1Cl. The van der Waals surface area contributed by atoms with Crippen molar-refractivity contribution >= 4 is 45.7 Å². The van der Waals surface area contributed by atoms with Gasteiger partial charge in [0.2, 0.25) is 0 Å². The summed E-state index contributed by atoms with van der Waals surface area (Å²) in [6.45, 7) is 1.88. The van der Waals surface area contributed by atoms with Gasteiger partial charge in [-0.1, -0.05) is 23.2 Å². The average molecular weight is 349 g/mol. The number of fused-ring (bicyclic) bond motifs is 1. The Balaban J connectivity index is 1.91. The van der Waals surface area contributed by atoms with Crippen LogP contribution in [-0.4, -0.2) is 18.0 Å². The summed E-state index contributed by atoms with van der Waals surface area (Å²) in [7, 11) is 1.54. The summed E-state index contributed by atoms with van der Waals surface area (Å²) in [5.74, 6) is 0.317. The summed E-state index contributed by atoms with van der Waals surface area (Å²) >= 11 is 12.1. The number of rotatable bonds is 3. The molecular weight excluding hydrogens is 335 g/mol. The highest BCUT2D eigenvalue weighted by molar-refractivity contribution is 6.32. The molecular formula is C17H14Cl2N2O2. The molecule has 23 heavy (non-hydrogen) atoms. The summed E-state index contributed by atoms with van der Waals surface area (Å²) in [6.07, 6.45) is 0. The second-order valence-corrected chi connectivity index (χ2v) is 5.96. The van der Waals surface area contributed by atoms with E-state index >= 15 is 0 Å². The van der Waals surface area contributed by atoms with Crippen LogP contribution in [0.25, 0.3) is 10.9 Å². The van der Waals surface area contributed by atoms with Crippen molar-refractivity contribution in [1.82, 2.24) is 4.98 Å². The molecule has 1 aromatic heterocycles. The summed E-state index contributed by atoms with van der Waals surface area (Å²) in [4.78, 5) is 15.6. The Morgan fingerprint density at radius 3 is 2.65 bits per heavy atom. The zero-order valence-corrected chi connectivity index (χ0v) is 14.0. The molecule has 0 atom stereocenters. The number of carbonyl (C=O) groups is 1. The molecule has 0 aliphatic carbocycles. The van der Waals surface area contributed by atoms with Crippen LogP contribution in [0, 0.1) is 6.92 Å². The Labute approximate surface area is 143 Å². The van der Waals surface area contributed by atoms with E-state index in [-0.39, 0.29) is 5.91 Å². The standard InChI is InChI=1S/C17H14Cl2N2O2/c1-9-12-7-10(18)3-5-14(12)21-16(9)17(22)20-11-4-6-15(23-2)13(19)8-11/h3-8,21H,1-2H3,(H,20,22). The predicted molar refractivity (Wildman–Crippen MR) is 94.0 cm³/mol. The molecule has 4 nitrogen and oxygen atoms in total. The highest BCUT2D eigenvalue weighted by atomic mass is 35.5. The molecule has 0 aliphatic heterocycles. The summed E-state index contributed by atoms with van der Waals surface area (Å²) in [6, 6.07) is 10.6. The van der Waals surface area contributed by atoms with Crippen LogP contribution in [0.15, 0.2) is 36.4 Å². The molecule has 2 aromatic carbocycles. The number of aromatic nitrogens is 1. The van der Waals surface area contributed by atoms with Crippen LogP contribution in [0.2, 0.25) is 10.0 Å². The molecule has 0 fully saturated rings. The molecule has 0 radical (unpaired) electrons. The van der Waals surface area contributed by atoms with E-state index in [4.69, 9.17) is 27.9 Å². The number of methoxy groups -OCH3 is 1. The van der Waals surface area contributed by atoms with E-state index in [2.05, 4.69) is 10.3 Å². The van der Waals surface area contributed by atoms with E-state index < -0.39 is 0 Å². The Morgan fingerprint density at radius 2 is 1.96 bits per heavy atom. The summed E-state index contributed by atoms with van der Waals surface area (Å²) in [5, 5.41) is 4.82. The van der Waals surface area contributed by atoms with Crippen LogP contribution in [0.1, 0.15) is 16.1 Å². The molecule has 0 bridgehead atoms. The number of nitrogens with one attached hydrogen (secondary N) is 2. The molecule has 0 saturated carbocycles. The van der Waals surface area contributed by atoms with Gasteiger partial charge < -0.3 is 15.0 Å². The number of H-pyrrole nitrogens is 1. The van der Waals surface area contributed by atoms with Gasteiger partial charge in [0, 0.05) is 21.6 Å². The largest absolute Gasteiger partial charge is 0.495 e. The van der Waals surface area contributed by atoms with Crippen LogP contribution in [-0.2, 0) is 0 Å². The van der Waals surface area contributed by atoms with Crippen molar-refractivity contribution in [3.63, 3.8) is 0 Å². The molecule has 6 heteroatoms. The fraction of sp³-hybridized carbons (Fsp3) is 0.118. The molecule has 2 N–H and O–H groups in total. The molecule has 118 valence electrons. The predicted octanol–water partition coefficient (Wildman–Crippen LogP) is 5.04. The van der Waals surface area contributed by atoms with Gasteiger partial charge in [-0.25, -0.2) is 0 Å². The summed E-state index contributed by atoms with van der Waals surface area (Å²) < 4.78 is 5.10. The minimum absolute atomic E-state index is 0.240. The van der Waals surface area contributed by atoms with E-state index in [0.717, 1.165) is 16.5 Å². The van der Waals surface area contributed by atoms with Crippen molar-refractivity contribution in [2.75, 3.05) is 12.4 Å². The maximum absolute atomic E-state index is 12.5. The minimum Gasteiger partial charge on any atom is -0.495 e. The maximum atomic E-state index is 12.5. The molecule has 3 rings (SSSR count). The lowest BCUT2D eigenvalue weighted by Crippen LogP contribution is -2.13. The van der Waals surface area contributed by atoms with Gasteiger partial charge in [0.15, 0.2) is 0 Å². The number of hydrogen-bond acceptors (Lipinski definition) is 2. The third-order valence-electron chi connectivity index (χ3n) is 3.66. The maximum Gasteiger partial charge on any atom is 0.272 e. The Kier molecular flexibility index (Phi) is 4.20. The van der Waals surface area contributed by atoms with E-state index in [1.807, 2.05) is 19.1 Å². The second kappa shape index (κ2) is 6.14. The molecule has 0 aliphatic rings. The molecule has 0 unspecified atom stereocenters. The first kappa shape index (κ1) is 15.7. The van der Waals surface area contributed by atoms with Gasteiger partial charge in [0.05, 0.1) is 12.1 Å².